The monoisotopic (exact) mass is 373 g/mol. The molecule has 7 heteroatoms. The first kappa shape index (κ1) is 20.1. The zero-order valence-corrected chi connectivity index (χ0v) is 15.4. The van der Waals surface area contributed by atoms with Gasteiger partial charge in [0.25, 0.3) is 5.91 Å². The van der Waals surface area contributed by atoms with E-state index in [0.717, 1.165) is 12.8 Å². The Labute approximate surface area is 157 Å². The van der Waals surface area contributed by atoms with E-state index in [1.807, 2.05) is 0 Å². The van der Waals surface area contributed by atoms with Crippen molar-refractivity contribution in [3.63, 3.8) is 0 Å². The molecule has 2 rings (SSSR count). The third-order valence-electron chi connectivity index (χ3n) is 3.64. The summed E-state index contributed by atoms with van der Waals surface area (Å²) >= 11 is 0. The van der Waals surface area contributed by atoms with Crippen LogP contribution in [0.3, 0.4) is 0 Å². The SMILES string of the molecule is CCCCOc1ccc(C(=O)OCC(=O)Nc2ccc(O)cc2)cc1OC. The van der Waals surface area contributed by atoms with E-state index in [1.165, 1.54) is 37.4 Å². The molecule has 0 aliphatic heterocycles. The lowest BCUT2D eigenvalue weighted by Gasteiger charge is -2.12. The van der Waals surface area contributed by atoms with Crippen molar-refractivity contribution in [1.29, 1.82) is 0 Å². The number of nitrogens with one attached hydrogen (secondary N) is 1. The molecule has 27 heavy (non-hydrogen) atoms. The van der Waals surface area contributed by atoms with Crippen LogP contribution in [0.4, 0.5) is 5.69 Å². The van der Waals surface area contributed by atoms with E-state index in [-0.39, 0.29) is 11.3 Å². The van der Waals surface area contributed by atoms with E-state index < -0.39 is 18.5 Å². The van der Waals surface area contributed by atoms with Gasteiger partial charge in [-0.1, -0.05) is 13.3 Å². The summed E-state index contributed by atoms with van der Waals surface area (Å²) in [6.07, 6.45) is 1.93. The number of aromatic hydroxyl groups is 1. The van der Waals surface area contributed by atoms with Crippen molar-refractivity contribution in [2.24, 2.45) is 0 Å². The first-order valence-electron chi connectivity index (χ1n) is 8.60. The van der Waals surface area contributed by atoms with Gasteiger partial charge in [0.1, 0.15) is 5.75 Å². The van der Waals surface area contributed by atoms with Gasteiger partial charge in [0.15, 0.2) is 18.1 Å². The molecule has 0 fully saturated rings. The minimum atomic E-state index is -0.644. The number of methoxy groups -OCH3 is 1. The maximum absolute atomic E-state index is 12.2. The summed E-state index contributed by atoms with van der Waals surface area (Å²) in [5, 5.41) is 11.8. The molecule has 144 valence electrons. The summed E-state index contributed by atoms with van der Waals surface area (Å²) in [5.74, 6) is -0.0630. The summed E-state index contributed by atoms with van der Waals surface area (Å²) in [5.41, 5.74) is 0.747. The highest BCUT2D eigenvalue weighted by molar-refractivity contribution is 5.95. The Kier molecular flexibility index (Phi) is 7.49. The van der Waals surface area contributed by atoms with Crippen molar-refractivity contribution in [1.82, 2.24) is 0 Å². The first-order chi connectivity index (χ1) is 13.0. The van der Waals surface area contributed by atoms with Crippen LogP contribution in [0.15, 0.2) is 42.5 Å². The highest BCUT2D eigenvalue weighted by Crippen LogP contribution is 2.28. The maximum Gasteiger partial charge on any atom is 0.338 e. The Balaban J connectivity index is 1.90. The molecule has 0 aliphatic rings. The van der Waals surface area contributed by atoms with E-state index in [1.54, 1.807) is 12.1 Å². The van der Waals surface area contributed by atoms with E-state index in [2.05, 4.69) is 12.2 Å². The third kappa shape index (κ3) is 6.22. The van der Waals surface area contributed by atoms with E-state index in [0.29, 0.717) is 23.8 Å². The average molecular weight is 373 g/mol. The van der Waals surface area contributed by atoms with Gasteiger partial charge in [-0.3, -0.25) is 4.79 Å². The Morgan fingerprint density at radius 1 is 1.07 bits per heavy atom. The second-order valence-corrected chi connectivity index (χ2v) is 5.74. The Bertz CT molecular complexity index is 773. The molecule has 0 unspecified atom stereocenters. The molecule has 0 radical (unpaired) electrons. The molecular formula is C20H23NO6. The van der Waals surface area contributed by atoms with Crippen molar-refractivity contribution < 1.29 is 28.9 Å². The normalized spacial score (nSPS) is 10.1. The number of ether oxygens (including phenoxy) is 3. The maximum atomic E-state index is 12.2. The lowest BCUT2D eigenvalue weighted by atomic mass is 10.2. The number of phenols is 1. The summed E-state index contributed by atoms with van der Waals surface area (Å²) in [7, 11) is 1.49. The van der Waals surface area contributed by atoms with Gasteiger partial charge in [0, 0.05) is 5.69 Å². The molecule has 0 saturated heterocycles. The van der Waals surface area contributed by atoms with Crippen LogP contribution in [0.5, 0.6) is 17.2 Å². The number of hydrogen-bond acceptors (Lipinski definition) is 6. The molecule has 7 nitrogen and oxygen atoms in total. The van der Waals surface area contributed by atoms with Gasteiger partial charge >= 0.3 is 5.97 Å². The molecule has 0 aromatic heterocycles. The zero-order valence-electron chi connectivity index (χ0n) is 15.4. The van der Waals surface area contributed by atoms with Gasteiger partial charge in [0.2, 0.25) is 0 Å². The van der Waals surface area contributed by atoms with Crippen LogP contribution in [0.2, 0.25) is 0 Å². The van der Waals surface area contributed by atoms with Crippen LogP contribution >= 0.6 is 0 Å². The van der Waals surface area contributed by atoms with E-state index in [4.69, 9.17) is 14.2 Å². The quantitative estimate of drug-likeness (QED) is 0.398. The number of esters is 1. The second kappa shape index (κ2) is 10.1. The van der Waals surface area contributed by atoms with Crippen molar-refractivity contribution in [2.75, 3.05) is 25.6 Å². The minimum absolute atomic E-state index is 0.0931. The molecular weight excluding hydrogens is 350 g/mol. The van der Waals surface area contributed by atoms with Crippen molar-refractivity contribution in [3.8, 4) is 17.2 Å². The number of amides is 1. The first-order valence-corrected chi connectivity index (χ1v) is 8.60. The Morgan fingerprint density at radius 2 is 1.81 bits per heavy atom. The van der Waals surface area contributed by atoms with Crippen LogP contribution in [0.1, 0.15) is 30.1 Å². The standard InChI is InChI=1S/C20H23NO6/c1-3-4-11-26-17-10-5-14(12-18(17)25-2)20(24)27-13-19(23)21-15-6-8-16(22)9-7-15/h5-10,12,22H,3-4,11,13H2,1-2H3,(H,21,23). The molecule has 2 N–H and O–H groups in total. The zero-order chi connectivity index (χ0) is 19.6. The van der Waals surface area contributed by atoms with Crippen molar-refractivity contribution >= 4 is 17.6 Å². The number of rotatable bonds is 9. The van der Waals surface area contributed by atoms with Gasteiger partial charge in [-0.05, 0) is 48.9 Å². The van der Waals surface area contributed by atoms with Gasteiger partial charge in [-0.25, -0.2) is 4.79 Å². The fourth-order valence-corrected chi connectivity index (χ4v) is 2.20. The number of anilines is 1. The van der Waals surface area contributed by atoms with Gasteiger partial charge < -0.3 is 24.6 Å². The van der Waals surface area contributed by atoms with Gasteiger partial charge in [0.05, 0.1) is 19.3 Å². The second-order valence-electron chi connectivity index (χ2n) is 5.74. The Morgan fingerprint density at radius 3 is 2.48 bits per heavy atom. The Hall–Kier alpha value is -3.22. The summed E-state index contributed by atoms with van der Waals surface area (Å²) in [4.78, 5) is 24.0. The van der Waals surface area contributed by atoms with E-state index in [9.17, 15) is 14.7 Å². The summed E-state index contributed by atoms with van der Waals surface area (Å²) < 4.78 is 15.9. The third-order valence-corrected chi connectivity index (χ3v) is 3.64. The average Bonchev–Trinajstić information content (AvgIpc) is 2.68. The lowest BCUT2D eigenvalue weighted by molar-refractivity contribution is -0.119. The number of benzene rings is 2. The van der Waals surface area contributed by atoms with Gasteiger partial charge in [-0.2, -0.15) is 0 Å². The molecule has 0 bridgehead atoms. The fourth-order valence-electron chi connectivity index (χ4n) is 2.20. The molecule has 1 amide bonds. The topological polar surface area (TPSA) is 94.1 Å². The van der Waals surface area contributed by atoms with Crippen LogP contribution in [-0.2, 0) is 9.53 Å². The fraction of sp³-hybridized carbons (Fsp3) is 0.300. The van der Waals surface area contributed by atoms with Crippen LogP contribution in [0, 0.1) is 0 Å². The number of carbonyl (C=O) groups excluding carboxylic acids is 2. The molecule has 0 spiro atoms. The predicted octanol–water partition coefficient (Wildman–Crippen LogP) is 3.38. The van der Waals surface area contributed by atoms with Crippen LogP contribution in [-0.4, -0.2) is 37.3 Å². The molecule has 0 aliphatic carbocycles. The van der Waals surface area contributed by atoms with E-state index >= 15 is 0 Å². The van der Waals surface area contributed by atoms with Gasteiger partial charge in [-0.15, -0.1) is 0 Å². The summed E-state index contributed by atoms with van der Waals surface area (Å²) in [6, 6.07) is 10.7. The van der Waals surface area contributed by atoms with Crippen molar-refractivity contribution in [2.45, 2.75) is 19.8 Å². The molecule has 0 saturated carbocycles. The number of phenolic OH excluding ortho intramolecular Hbond substituents is 1. The molecule has 2 aromatic rings. The van der Waals surface area contributed by atoms with Crippen molar-refractivity contribution in [3.05, 3.63) is 48.0 Å². The van der Waals surface area contributed by atoms with Crippen LogP contribution < -0.4 is 14.8 Å². The van der Waals surface area contributed by atoms with Crippen LogP contribution in [0.25, 0.3) is 0 Å². The predicted molar refractivity (Wildman–Crippen MR) is 100 cm³/mol. The molecule has 0 atom stereocenters. The number of unbranched alkanes of at least 4 members (excludes halogenated alkanes) is 1. The number of hydrogen-bond donors (Lipinski definition) is 2. The smallest absolute Gasteiger partial charge is 0.338 e. The largest absolute Gasteiger partial charge is 0.508 e. The molecule has 2 aromatic carbocycles. The minimum Gasteiger partial charge on any atom is -0.508 e. The number of carbonyl (C=O) groups is 2. The molecule has 0 heterocycles. The highest BCUT2D eigenvalue weighted by atomic mass is 16.5. The lowest BCUT2D eigenvalue weighted by Crippen LogP contribution is -2.20. The highest BCUT2D eigenvalue weighted by Gasteiger charge is 2.14. The summed E-state index contributed by atoms with van der Waals surface area (Å²) in [6.45, 7) is 2.20.